The third-order valence-corrected chi connectivity index (χ3v) is 4.45. The van der Waals surface area contributed by atoms with Crippen molar-refractivity contribution < 1.29 is 9.53 Å². The van der Waals surface area contributed by atoms with E-state index in [0.717, 1.165) is 5.56 Å². The lowest BCUT2D eigenvalue weighted by molar-refractivity contribution is 0.102. The van der Waals surface area contributed by atoms with Gasteiger partial charge in [0.2, 0.25) is 0 Å². The van der Waals surface area contributed by atoms with E-state index in [-0.39, 0.29) is 5.91 Å². The lowest BCUT2D eigenvalue weighted by Crippen LogP contribution is -2.13. The number of carbonyl (C=O) groups is 1. The molecular weight excluding hydrogens is 374 g/mol. The smallest absolute Gasteiger partial charge is 0.257 e. The number of para-hydroxylation sites is 3. The fourth-order valence-electron chi connectivity index (χ4n) is 2.89. The molecule has 0 aliphatic rings. The van der Waals surface area contributed by atoms with Crippen LogP contribution < -0.4 is 15.4 Å². The van der Waals surface area contributed by atoms with Gasteiger partial charge in [-0.3, -0.25) is 4.79 Å². The zero-order valence-electron chi connectivity index (χ0n) is 16.3. The molecule has 1 aromatic heterocycles. The Hall–Kier alpha value is -4.12. The summed E-state index contributed by atoms with van der Waals surface area (Å²) in [7, 11) is 0. The van der Waals surface area contributed by atoms with Crippen LogP contribution in [0.25, 0.3) is 0 Å². The van der Waals surface area contributed by atoms with E-state index < -0.39 is 0 Å². The molecule has 2 N–H and O–H groups in total. The van der Waals surface area contributed by atoms with Crippen molar-refractivity contribution in [3.8, 4) is 11.5 Å². The molecule has 0 saturated carbocycles. The first-order valence-electron chi connectivity index (χ1n) is 9.65. The van der Waals surface area contributed by atoms with Crippen molar-refractivity contribution in [1.29, 1.82) is 0 Å². The van der Waals surface area contributed by atoms with Crippen LogP contribution in [0, 0.1) is 0 Å². The van der Waals surface area contributed by atoms with Crippen LogP contribution in [-0.4, -0.2) is 10.9 Å². The van der Waals surface area contributed by atoms with Crippen molar-refractivity contribution in [3.05, 3.63) is 114 Å². The number of nitrogens with zero attached hydrogens (tertiary/aromatic N) is 1. The summed E-state index contributed by atoms with van der Waals surface area (Å²) < 4.78 is 5.90. The molecule has 0 bridgehead atoms. The first kappa shape index (κ1) is 19.2. The van der Waals surface area contributed by atoms with E-state index in [2.05, 4.69) is 15.6 Å². The lowest BCUT2D eigenvalue weighted by Gasteiger charge is -2.12. The predicted molar refractivity (Wildman–Crippen MR) is 119 cm³/mol. The molecule has 0 unspecified atom stereocenters. The van der Waals surface area contributed by atoms with Crippen molar-refractivity contribution in [3.63, 3.8) is 0 Å². The molecule has 148 valence electrons. The van der Waals surface area contributed by atoms with Gasteiger partial charge in [0.15, 0.2) is 5.75 Å². The number of hydrogen-bond acceptors (Lipinski definition) is 4. The summed E-state index contributed by atoms with van der Waals surface area (Å²) in [5.41, 5.74) is 2.23. The number of pyridine rings is 1. The van der Waals surface area contributed by atoms with Crippen molar-refractivity contribution in [1.82, 2.24) is 4.98 Å². The minimum atomic E-state index is -0.249. The van der Waals surface area contributed by atoms with Gasteiger partial charge < -0.3 is 15.4 Å². The largest absolute Gasteiger partial charge is 0.455 e. The van der Waals surface area contributed by atoms with Crippen molar-refractivity contribution in [2.24, 2.45) is 0 Å². The van der Waals surface area contributed by atoms with E-state index >= 15 is 0 Å². The Kier molecular flexibility index (Phi) is 6.01. The summed E-state index contributed by atoms with van der Waals surface area (Å²) in [6.45, 7) is 0.670. The molecule has 0 saturated heterocycles. The van der Waals surface area contributed by atoms with Gasteiger partial charge in [-0.2, -0.15) is 0 Å². The molecule has 4 aromatic rings. The normalized spacial score (nSPS) is 10.3. The van der Waals surface area contributed by atoms with E-state index in [1.54, 1.807) is 24.4 Å². The molecule has 0 spiro atoms. The Bertz CT molecular complexity index is 1100. The van der Waals surface area contributed by atoms with Crippen LogP contribution in [0.1, 0.15) is 15.9 Å². The minimum Gasteiger partial charge on any atom is -0.455 e. The van der Waals surface area contributed by atoms with Gasteiger partial charge in [-0.25, -0.2) is 4.98 Å². The van der Waals surface area contributed by atoms with E-state index in [1.165, 1.54) is 0 Å². The maximum absolute atomic E-state index is 12.7. The van der Waals surface area contributed by atoms with Crippen LogP contribution >= 0.6 is 0 Å². The fraction of sp³-hybridized carbons (Fsp3) is 0.0400. The van der Waals surface area contributed by atoms with Gasteiger partial charge in [0.1, 0.15) is 11.6 Å². The summed E-state index contributed by atoms with van der Waals surface area (Å²) in [5, 5.41) is 6.15. The molecule has 1 heterocycles. The van der Waals surface area contributed by atoms with Crippen LogP contribution in [0.3, 0.4) is 0 Å². The molecule has 5 heteroatoms. The van der Waals surface area contributed by atoms with Crippen molar-refractivity contribution >= 4 is 17.4 Å². The molecule has 0 atom stereocenters. The van der Waals surface area contributed by atoms with Crippen molar-refractivity contribution in [2.45, 2.75) is 6.54 Å². The molecule has 0 fully saturated rings. The van der Waals surface area contributed by atoms with Gasteiger partial charge in [0.05, 0.1) is 11.3 Å². The molecule has 30 heavy (non-hydrogen) atoms. The molecule has 0 radical (unpaired) electrons. The van der Waals surface area contributed by atoms with Crippen LogP contribution in [0.15, 0.2) is 103 Å². The standard InChI is InChI=1S/C25H21N3O2/c29-25(20-15-16-24(27-18-20)26-17-19-9-3-1-4-10-19)28-22-13-7-8-14-23(22)30-21-11-5-2-6-12-21/h1-16,18H,17H2,(H,26,27)(H,28,29). The summed E-state index contributed by atoms with van der Waals surface area (Å²) >= 11 is 0. The second-order valence-corrected chi connectivity index (χ2v) is 6.64. The number of hydrogen-bond donors (Lipinski definition) is 2. The average Bonchev–Trinajstić information content (AvgIpc) is 2.81. The summed E-state index contributed by atoms with van der Waals surface area (Å²) in [4.78, 5) is 17.0. The lowest BCUT2D eigenvalue weighted by atomic mass is 10.2. The number of aromatic nitrogens is 1. The van der Waals surface area contributed by atoms with Gasteiger partial charge in [-0.1, -0.05) is 60.7 Å². The number of nitrogens with one attached hydrogen (secondary N) is 2. The zero-order chi connectivity index (χ0) is 20.6. The maximum Gasteiger partial charge on any atom is 0.257 e. The van der Waals surface area contributed by atoms with E-state index in [4.69, 9.17) is 4.74 Å². The van der Waals surface area contributed by atoms with Crippen LogP contribution in [-0.2, 0) is 6.54 Å². The molecule has 0 aliphatic heterocycles. The quantitative estimate of drug-likeness (QED) is 0.419. The van der Waals surface area contributed by atoms with Crippen LogP contribution in [0.2, 0.25) is 0 Å². The van der Waals surface area contributed by atoms with Gasteiger partial charge in [-0.05, 0) is 42.0 Å². The third kappa shape index (κ3) is 5.02. The van der Waals surface area contributed by atoms with E-state index in [1.807, 2.05) is 78.9 Å². The van der Waals surface area contributed by atoms with Gasteiger partial charge >= 0.3 is 0 Å². The first-order valence-corrected chi connectivity index (χ1v) is 9.65. The topological polar surface area (TPSA) is 63.2 Å². The molecule has 5 nitrogen and oxygen atoms in total. The summed E-state index contributed by atoms with van der Waals surface area (Å²) in [5.74, 6) is 1.74. The number of amides is 1. The Morgan fingerprint density at radius 1 is 0.800 bits per heavy atom. The third-order valence-electron chi connectivity index (χ3n) is 4.45. The summed E-state index contributed by atoms with van der Waals surface area (Å²) in [6, 6.07) is 30.4. The van der Waals surface area contributed by atoms with E-state index in [9.17, 15) is 4.79 Å². The number of ether oxygens (including phenoxy) is 1. The highest BCUT2D eigenvalue weighted by molar-refractivity contribution is 6.04. The molecule has 1 amide bonds. The van der Waals surface area contributed by atoms with Gasteiger partial charge in [0.25, 0.3) is 5.91 Å². The Balaban J connectivity index is 1.40. The number of carbonyl (C=O) groups excluding carboxylic acids is 1. The molecule has 3 aromatic carbocycles. The zero-order valence-corrected chi connectivity index (χ0v) is 16.3. The monoisotopic (exact) mass is 395 g/mol. The van der Waals surface area contributed by atoms with Crippen LogP contribution in [0.5, 0.6) is 11.5 Å². The number of anilines is 2. The second-order valence-electron chi connectivity index (χ2n) is 6.64. The molecule has 4 rings (SSSR count). The minimum absolute atomic E-state index is 0.249. The maximum atomic E-state index is 12.7. The number of rotatable bonds is 7. The van der Waals surface area contributed by atoms with Crippen molar-refractivity contribution in [2.75, 3.05) is 10.6 Å². The van der Waals surface area contributed by atoms with Crippen LogP contribution in [0.4, 0.5) is 11.5 Å². The second kappa shape index (κ2) is 9.39. The first-order chi connectivity index (χ1) is 14.8. The summed E-state index contributed by atoms with van der Waals surface area (Å²) in [6.07, 6.45) is 1.56. The van der Waals surface area contributed by atoms with Gasteiger partial charge in [0, 0.05) is 12.7 Å². The highest BCUT2D eigenvalue weighted by Gasteiger charge is 2.11. The molecular formula is C25H21N3O2. The number of benzene rings is 3. The van der Waals surface area contributed by atoms with E-state index in [0.29, 0.717) is 35.1 Å². The van der Waals surface area contributed by atoms with Gasteiger partial charge in [-0.15, -0.1) is 0 Å². The fourth-order valence-corrected chi connectivity index (χ4v) is 2.89. The highest BCUT2D eigenvalue weighted by Crippen LogP contribution is 2.29. The predicted octanol–water partition coefficient (Wildman–Crippen LogP) is 5.74. The Morgan fingerprint density at radius 3 is 2.23 bits per heavy atom. The Morgan fingerprint density at radius 2 is 1.50 bits per heavy atom. The molecule has 0 aliphatic carbocycles. The SMILES string of the molecule is O=C(Nc1ccccc1Oc1ccccc1)c1ccc(NCc2ccccc2)nc1. The highest BCUT2D eigenvalue weighted by atomic mass is 16.5. The average molecular weight is 395 g/mol. The Labute approximate surface area is 175 Å².